The number of aryl methyl sites for hydroxylation is 1. The molecule has 3 heteroatoms. The highest BCUT2D eigenvalue weighted by Crippen LogP contribution is 2.33. The van der Waals surface area contributed by atoms with Crippen molar-refractivity contribution < 1.29 is 4.74 Å². The van der Waals surface area contributed by atoms with Crippen molar-refractivity contribution in [2.75, 3.05) is 5.32 Å². The summed E-state index contributed by atoms with van der Waals surface area (Å²) in [5, 5.41) is 12.1. The van der Waals surface area contributed by atoms with Gasteiger partial charge >= 0.3 is 0 Å². The lowest BCUT2D eigenvalue weighted by molar-refractivity contribution is 0.179. The van der Waals surface area contributed by atoms with Crippen molar-refractivity contribution in [1.82, 2.24) is 0 Å². The Morgan fingerprint density at radius 2 is 2.31 bits per heavy atom. The maximum atomic E-state index is 8.71. The Labute approximate surface area is 96.0 Å². The van der Waals surface area contributed by atoms with Crippen LogP contribution in [0.3, 0.4) is 0 Å². The van der Waals surface area contributed by atoms with Crippen LogP contribution >= 0.6 is 0 Å². The van der Waals surface area contributed by atoms with E-state index in [-0.39, 0.29) is 12.1 Å². The van der Waals surface area contributed by atoms with E-state index in [0.29, 0.717) is 6.42 Å². The molecule has 0 amide bonds. The molecule has 0 bridgehead atoms. The average molecular weight is 216 g/mol. The molecule has 1 aliphatic heterocycles. The van der Waals surface area contributed by atoms with E-state index >= 15 is 0 Å². The molecule has 0 aliphatic carbocycles. The lowest BCUT2D eigenvalue weighted by atomic mass is 10.1. The third-order valence-corrected chi connectivity index (χ3v) is 2.96. The number of nitrogens with zero attached hydrogens (tertiary/aromatic N) is 1. The third kappa shape index (κ3) is 1.96. The minimum atomic E-state index is -0.0509. The first-order valence-electron chi connectivity index (χ1n) is 5.67. The highest BCUT2D eigenvalue weighted by atomic mass is 16.5. The first kappa shape index (κ1) is 10.8. The van der Waals surface area contributed by atoms with Crippen molar-refractivity contribution in [3.63, 3.8) is 0 Å². The minimum Gasteiger partial charge on any atom is -0.485 e. The van der Waals surface area contributed by atoms with Crippen LogP contribution in [0, 0.1) is 11.3 Å². The van der Waals surface area contributed by atoms with Crippen molar-refractivity contribution >= 4 is 5.69 Å². The Morgan fingerprint density at radius 3 is 3.00 bits per heavy atom. The summed E-state index contributed by atoms with van der Waals surface area (Å²) in [6, 6.07) is 8.51. The number of hydrogen-bond acceptors (Lipinski definition) is 3. The zero-order valence-corrected chi connectivity index (χ0v) is 9.66. The van der Waals surface area contributed by atoms with Crippen molar-refractivity contribution in [1.29, 1.82) is 5.26 Å². The number of nitriles is 1. The average Bonchev–Trinajstić information content (AvgIpc) is 2.30. The van der Waals surface area contributed by atoms with Gasteiger partial charge < -0.3 is 10.1 Å². The van der Waals surface area contributed by atoms with Gasteiger partial charge in [0.1, 0.15) is 11.9 Å². The van der Waals surface area contributed by atoms with Gasteiger partial charge in [0.05, 0.1) is 24.2 Å². The van der Waals surface area contributed by atoms with Crippen molar-refractivity contribution in [3.8, 4) is 11.8 Å². The van der Waals surface area contributed by atoms with Gasteiger partial charge in [-0.15, -0.1) is 0 Å². The summed E-state index contributed by atoms with van der Waals surface area (Å²) in [6.45, 7) is 4.18. The SMILES string of the molecule is CCc1ccc2c(c1)NC(C)C(CC#N)O2. The predicted octanol–water partition coefficient (Wildman–Crippen LogP) is 2.72. The van der Waals surface area contributed by atoms with Crippen LogP contribution in [0.1, 0.15) is 25.8 Å². The second-order valence-corrected chi connectivity index (χ2v) is 4.14. The quantitative estimate of drug-likeness (QED) is 0.826. The molecule has 0 spiro atoms. The van der Waals surface area contributed by atoms with E-state index in [1.165, 1.54) is 5.56 Å². The van der Waals surface area contributed by atoms with E-state index in [2.05, 4.69) is 30.4 Å². The van der Waals surface area contributed by atoms with Gasteiger partial charge in [-0.2, -0.15) is 5.26 Å². The molecular weight excluding hydrogens is 200 g/mol. The molecule has 1 N–H and O–H groups in total. The van der Waals surface area contributed by atoms with Crippen LogP contribution in [0.25, 0.3) is 0 Å². The third-order valence-electron chi connectivity index (χ3n) is 2.96. The van der Waals surface area contributed by atoms with Gasteiger partial charge in [-0.1, -0.05) is 13.0 Å². The molecule has 0 fully saturated rings. The van der Waals surface area contributed by atoms with Crippen molar-refractivity contribution in [2.45, 2.75) is 38.8 Å². The molecule has 2 atom stereocenters. The van der Waals surface area contributed by atoms with Crippen molar-refractivity contribution in [2.24, 2.45) is 0 Å². The maximum Gasteiger partial charge on any atom is 0.143 e. The van der Waals surface area contributed by atoms with E-state index in [4.69, 9.17) is 10.00 Å². The van der Waals surface area contributed by atoms with Gasteiger partial charge in [-0.05, 0) is 31.0 Å². The van der Waals surface area contributed by atoms with Gasteiger partial charge in [-0.3, -0.25) is 0 Å². The van der Waals surface area contributed by atoms with E-state index in [0.717, 1.165) is 17.9 Å². The van der Waals surface area contributed by atoms with E-state index in [1.807, 2.05) is 13.0 Å². The smallest absolute Gasteiger partial charge is 0.143 e. The fraction of sp³-hybridized carbons (Fsp3) is 0.462. The van der Waals surface area contributed by atoms with Crippen LogP contribution in [0.2, 0.25) is 0 Å². The van der Waals surface area contributed by atoms with Gasteiger partial charge in [0.15, 0.2) is 0 Å². The monoisotopic (exact) mass is 216 g/mol. The normalized spacial score (nSPS) is 22.6. The molecule has 1 aliphatic rings. The van der Waals surface area contributed by atoms with E-state index < -0.39 is 0 Å². The molecule has 1 aromatic rings. The molecule has 1 aromatic carbocycles. The molecule has 16 heavy (non-hydrogen) atoms. The number of nitrogens with one attached hydrogen (secondary N) is 1. The lowest BCUT2D eigenvalue weighted by Crippen LogP contribution is -2.39. The largest absolute Gasteiger partial charge is 0.485 e. The number of ether oxygens (including phenoxy) is 1. The van der Waals surface area contributed by atoms with E-state index in [9.17, 15) is 0 Å². The van der Waals surface area contributed by atoms with Gasteiger partial charge in [0.25, 0.3) is 0 Å². The Bertz CT molecular complexity index is 422. The minimum absolute atomic E-state index is 0.0509. The summed E-state index contributed by atoms with van der Waals surface area (Å²) >= 11 is 0. The molecule has 0 saturated carbocycles. The first-order valence-corrected chi connectivity index (χ1v) is 5.67. The van der Waals surface area contributed by atoms with Crippen LogP contribution in [0.4, 0.5) is 5.69 Å². The summed E-state index contributed by atoms with van der Waals surface area (Å²) in [4.78, 5) is 0. The van der Waals surface area contributed by atoms with E-state index in [1.54, 1.807) is 0 Å². The molecular formula is C13H16N2O. The number of benzene rings is 1. The summed E-state index contributed by atoms with van der Waals surface area (Å²) in [5.41, 5.74) is 2.34. The van der Waals surface area contributed by atoms with Crippen molar-refractivity contribution in [3.05, 3.63) is 23.8 Å². The number of fused-ring (bicyclic) bond motifs is 1. The molecule has 1 heterocycles. The fourth-order valence-corrected chi connectivity index (χ4v) is 1.92. The molecule has 0 radical (unpaired) electrons. The van der Waals surface area contributed by atoms with Crippen LogP contribution in [0.5, 0.6) is 5.75 Å². The summed E-state index contributed by atoms with van der Waals surface area (Å²) in [5.74, 6) is 0.857. The topological polar surface area (TPSA) is 45.0 Å². The highest BCUT2D eigenvalue weighted by Gasteiger charge is 2.25. The van der Waals surface area contributed by atoms with Gasteiger partial charge in [-0.25, -0.2) is 0 Å². The second kappa shape index (κ2) is 4.44. The fourth-order valence-electron chi connectivity index (χ4n) is 1.92. The van der Waals surface area contributed by atoms with Gasteiger partial charge in [0.2, 0.25) is 0 Å². The molecule has 0 aromatic heterocycles. The lowest BCUT2D eigenvalue weighted by Gasteiger charge is -2.32. The Kier molecular flexibility index (Phi) is 3.00. The zero-order valence-electron chi connectivity index (χ0n) is 9.66. The molecule has 3 nitrogen and oxygen atoms in total. The summed E-state index contributed by atoms with van der Waals surface area (Å²) in [6.07, 6.45) is 1.39. The maximum absolute atomic E-state index is 8.71. The number of anilines is 1. The van der Waals surface area contributed by atoms with Gasteiger partial charge in [0, 0.05) is 0 Å². The first-order chi connectivity index (χ1) is 7.74. The van der Waals surface area contributed by atoms with Crippen LogP contribution in [0.15, 0.2) is 18.2 Å². The number of hydrogen-bond donors (Lipinski definition) is 1. The Hall–Kier alpha value is -1.69. The Morgan fingerprint density at radius 1 is 1.50 bits per heavy atom. The molecule has 2 rings (SSSR count). The predicted molar refractivity (Wildman–Crippen MR) is 63.6 cm³/mol. The van der Waals surface area contributed by atoms with Crippen LogP contribution in [-0.2, 0) is 6.42 Å². The molecule has 84 valence electrons. The van der Waals surface area contributed by atoms with Crippen LogP contribution < -0.4 is 10.1 Å². The standard InChI is InChI=1S/C13H16N2O/c1-3-10-4-5-13-11(8-10)15-9(2)12(16-13)6-7-14/h4-5,8-9,12,15H,3,6H2,1-2H3. The summed E-state index contributed by atoms with van der Waals surface area (Å²) in [7, 11) is 0. The Balaban J connectivity index is 2.25. The zero-order chi connectivity index (χ0) is 11.5. The second-order valence-electron chi connectivity index (χ2n) is 4.14. The highest BCUT2D eigenvalue weighted by molar-refractivity contribution is 5.60. The van der Waals surface area contributed by atoms with Crippen LogP contribution in [-0.4, -0.2) is 12.1 Å². The summed E-state index contributed by atoms with van der Waals surface area (Å²) < 4.78 is 5.80. The molecule has 2 unspecified atom stereocenters. The number of rotatable bonds is 2. The molecule has 0 saturated heterocycles.